The molecular formula is C17H26N2O3S. The number of fused-ring (bicyclic) bond motifs is 1. The molecule has 1 atom stereocenters. The first-order chi connectivity index (χ1) is 10.8. The summed E-state index contributed by atoms with van der Waals surface area (Å²) in [4.78, 5) is 13.8. The molecule has 0 unspecified atom stereocenters. The predicted octanol–water partition coefficient (Wildman–Crippen LogP) is 2.79. The lowest BCUT2D eigenvalue weighted by Crippen LogP contribution is -2.33. The molecule has 0 spiro atoms. The van der Waals surface area contributed by atoms with Crippen LogP contribution in [0.4, 0.5) is 5.69 Å². The standard InChI is InChI=1S/C17H26N2O3S/c1-5-9-18(10-6-2)23(21,22)16-7-8-17-15(12-16)11-13(3)19(17)14(4)20/h7-8,12-13H,5-6,9-11H2,1-4H3/t13-/m1/s1. The lowest BCUT2D eigenvalue weighted by Gasteiger charge is -2.22. The Balaban J connectivity index is 2.39. The third kappa shape index (κ3) is 3.43. The van der Waals surface area contributed by atoms with Crippen molar-refractivity contribution >= 4 is 21.6 Å². The quantitative estimate of drug-likeness (QED) is 0.801. The Hall–Kier alpha value is -1.40. The molecule has 128 valence electrons. The molecule has 1 heterocycles. The number of hydrogen-bond donors (Lipinski definition) is 0. The van der Waals surface area contributed by atoms with Gasteiger partial charge in [0.25, 0.3) is 0 Å². The van der Waals surface area contributed by atoms with Gasteiger partial charge in [0.1, 0.15) is 0 Å². The van der Waals surface area contributed by atoms with E-state index in [-0.39, 0.29) is 11.9 Å². The van der Waals surface area contributed by atoms with Crippen molar-refractivity contribution < 1.29 is 13.2 Å². The number of amides is 1. The van der Waals surface area contributed by atoms with Gasteiger partial charge in [-0.3, -0.25) is 4.79 Å². The van der Waals surface area contributed by atoms with Crippen molar-refractivity contribution in [1.29, 1.82) is 0 Å². The van der Waals surface area contributed by atoms with E-state index >= 15 is 0 Å². The zero-order chi connectivity index (χ0) is 17.2. The number of hydrogen-bond acceptors (Lipinski definition) is 3. The largest absolute Gasteiger partial charge is 0.309 e. The number of carbonyl (C=O) groups excluding carboxylic acids is 1. The topological polar surface area (TPSA) is 57.7 Å². The predicted molar refractivity (Wildman–Crippen MR) is 92.1 cm³/mol. The van der Waals surface area contributed by atoms with E-state index in [0.717, 1.165) is 24.1 Å². The highest BCUT2D eigenvalue weighted by atomic mass is 32.2. The van der Waals surface area contributed by atoms with E-state index < -0.39 is 10.0 Å². The van der Waals surface area contributed by atoms with E-state index in [2.05, 4.69) is 0 Å². The second kappa shape index (κ2) is 7.01. The minimum Gasteiger partial charge on any atom is -0.309 e. The van der Waals surface area contributed by atoms with Crippen LogP contribution in [0.1, 0.15) is 46.1 Å². The molecule has 0 bridgehead atoms. The molecule has 0 fully saturated rings. The monoisotopic (exact) mass is 338 g/mol. The van der Waals surface area contributed by atoms with Crippen LogP contribution in [-0.4, -0.2) is 37.8 Å². The molecule has 6 heteroatoms. The van der Waals surface area contributed by atoms with Crippen LogP contribution in [-0.2, 0) is 21.2 Å². The zero-order valence-electron chi connectivity index (χ0n) is 14.4. The Morgan fingerprint density at radius 3 is 2.39 bits per heavy atom. The normalized spacial score (nSPS) is 17.6. The average Bonchev–Trinajstić information content (AvgIpc) is 2.81. The SMILES string of the molecule is CCCN(CCC)S(=O)(=O)c1ccc2c(c1)C[C@@H](C)N2C(C)=O. The van der Waals surface area contributed by atoms with Gasteiger partial charge in [0.2, 0.25) is 15.9 Å². The molecule has 0 saturated carbocycles. The van der Waals surface area contributed by atoms with Crippen molar-refractivity contribution in [3.8, 4) is 0 Å². The Morgan fingerprint density at radius 2 is 1.87 bits per heavy atom. The first-order valence-corrected chi connectivity index (χ1v) is 9.69. The molecule has 0 aromatic heterocycles. The Bertz CT molecular complexity index is 679. The molecule has 1 aromatic rings. The smallest absolute Gasteiger partial charge is 0.243 e. The maximum Gasteiger partial charge on any atom is 0.243 e. The minimum absolute atomic E-state index is 0.00884. The number of rotatable bonds is 6. The van der Waals surface area contributed by atoms with Gasteiger partial charge >= 0.3 is 0 Å². The van der Waals surface area contributed by atoms with Crippen LogP contribution < -0.4 is 4.90 Å². The van der Waals surface area contributed by atoms with Gasteiger partial charge in [-0.25, -0.2) is 8.42 Å². The molecule has 1 aliphatic heterocycles. The molecule has 1 aliphatic rings. The van der Waals surface area contributed by atoms with E-state index in [1.165, 1.54) is 0 Å². The van der Waals surface area contributed by atoms with Gasteiger partial charge in [0.15, 0.2) is 0 Å². The number of benzene rings is 1. The first-order valence-electron chi connectivity index (χ1n) is 8.25. The second-order valence-corrected chi connectivity index (χ2v) is 8.07. The number of nitrogens with zero attached hydrogens (tertiary/aromatic N) is 2. The highest BCUT2D eigenvalue weighted by Crippen LogP contribution is 2.34. The summed E-state index contributed by atoms with van der Waals surface area (Å²) in [5.74, 6) is -0.00884. The molecule has 0 aliphatic carbocycles. The van der Waals surface area contributed by atoms with Gasteiger partial charge in [-0.2, -0.15) is 4.31 Å². The van der Waals surface area contributed by atoms with Crippen molar-refractivity contribution in [3.05, 3.63) is 23.8 Å². The molecule has 1 aromatic carbocycles. The third-order valence-corrected chi connectivity index (χ3v) is 6.08. The Labute approximate surface area is 139 Å². The van der Waals surface area contributed by atoms with Crippen molar-refractivity contribution in [2.45, 2.75) is 57.9 Å². The van der Waals surface area contributed by atoms with Crippen LogP contribution in [0.15, 0.2) is 23.1 Å². The second-order valence-electron chi connectivity index (χ2n) is 6.14. The molecule has 0 N–H and O–H groups in total. The van der Waals surface area contributed by atoms with Gasteiger partial charge in [0, 0.05) is 31.7 Å². The Morgan fingerprint density at radius 1 is 1.26 bits per heavy atom. The first kappa shape index (κ1) is 17.9. The van der Waals surface area contributed by atoms with Crippen LogP contribution in [0.3, 0.4) is 0 Å². The molecular weight excluding hydrogens is 312 g/mol. The van der Waals surface area contributed by atoms with Crippen molar-refractivity contribution in [3.63, 3.8) is 0 Å². The highest BCUT2D eigenvalue weighted by molar-refractivity contribution is 7.89. The van der Waals surface area contributed by atoms with E-state index in [0.29, 0.717) is 24.4 Å². The number of sulfonamides is 1. The summed E-state index contributed by atoms with van der Waals surface area (Å²) in [7, 11) is -3.47. The van der Waals surface area contributed by atoms with Crippen LogP contribution in [0.5, 0.6) is 0 Å². The summed E-state index contributed by atoms with van der Waals surface area (Å²) >= 11 is 0. The lowest BCUT2D eigenvalue weighted by molar-refractivity contribution is -0.116. The molecule has 0 saturated heterocycles. The Kier molecular flexibility index (Phi) is 5.47. The van der Waals surface area contributed by atoms with Crippen molar-refractivity contribution in [2.24, 2.45) is 0 Å². The van der Waals surface area contributed by atoms with Gasteiger partial charge in [-0.15, -0.1) is 0 Å². The highest BCUT2D eigenvalue weighted by Gasteiger charge is 2.31. The van der Waals surface area contributed by atoms with Crippen molar-refractivity contribution in [1.82, 2.24) is 4.31 Å². The third-order valence-electron chi connectivity index (χ3n) is 4.19. The summed E-state index contributed by atoms with van der Waals surface area (Å²) < 4.78 is 27.3. The van der Waals surface area contributed by atoms with E-state index in [9.17, 15) is 13.2 Å². The van der Waals surface area contributed by atoms with E-state index in [1.807, 2.05) is 20.8 Å². The average molecular weight is 338 g/mol. The molecule has 1 amide bonds. The van der Waals surface area contributed by atoms with E-state index in [4.69, 9.17) is 0 Å². The summed E-state index contributed by atoms with van der Waals surface area (Å²) in [6.07, 6.45) is 2.28. The molecule has 23 heavy (non-hydrogen) atoms. The van der Waals surface area contributed by atoms with E-state index in [1.54, 1.807) is 34.3 Å². The summed E-state index contributed by atoms with van der Waals surface area (Å²) in [5.41, 5.74) is 1.77. The van der Waals surface area contributed by atoms with Crippen LogP contribution in [0, 0.1) is 0 Å². The van der Waals surface area contributed by atoms with Crippen LogP contribution in [0.25, 0.3) is 0 Å². The summed E-state index contributed by atoms with van der Waals surface area (Å²) in [5, 5.41) is 0. The fourth-order valence-corrected chi connectivity index (χ4v) is 4.92. The molecule has 5 nitrogen and oxygen atoms in total. The molecule has 2 rings (SSSR count). The lowest BCUT2D eigenvalue weighted by atomic mass is 10.1. The van der Waals surface area contributed by atoms with Crippen molar-refractivity contribution in [2.75, 3.05) is 18.0 Å². The van der Waals surface area contributed by atoms with Gasteiger partial charge in [-0.05, 0) is 49.9 Å². The fourth-order valence-electron chi connectivity index (χ4n) is 3.25. The summed E-state index contributed by atoms with van der Waals surface area (Å²) in [6.45, 7) is 8.55. The fraction of sp³-hybridized carbons (Fsp3) is 0.588. The van der Waals surface area contributed by atoms with Gasteiger partial charge < -0.3 is 4.90 Å². The number of carbonyl (C=O) groups is 1. The molecule has 0 radical (unpaired) electrons. The maximum atomic E-state index is 12.9. The number of anilines is 1. The minimum atomic E-state index is -3.47. The van der Waals surface area contributed by atoms with Gasteiger partial charge in [-0.1, -0.05) is 13.8 Å². The summed E-state index contributed by atoms with van der Waals surface area (Å²) in [6, 6.07) is 5.20. The van der Waals surface area contributed by atoms with Gasteiger partial charge in [0.05, 0.1) is 4.90 Å². The van der Waals surface area contributed by atoms with Crippen LogP contribution in [0.2, 0.25) is 0 Å². The zero-order valence-corrected chi connectivity index (χ0v) is 15.2. The maximum absolute atomic E-state index is 12.9. The van der Waals surface area contributed by atoms with Crippen LogP contribution >= 0.6 is 0 Å².